The molecule has 0 saturated carbocycles. The van der Waals surface area contributed by atoms with Crippen molar-refractivity contribution in [2.24, 2.45) is 0 Å². The van der Waals surface area contributed by atoms with Crippen LogP contribution in [0.3, 0.4) is 0 Å². The van der Waals surface area contributed by atoms with Gasteiger partial charge in [-0.3, -0.25) is 0 Å². The summed E-state index contributed by atoms with van der Waals surface area (Å²) in [6, 6.07) is 9.82. The van der Waals surface area contributed by atoms with Crippen LogP contribution in [0.4, 0.5) is 0 Å². The molecular weight excluding hydrogens is 411 g/mol. The van der Waals surface area contributed by atoms with Gasteiger partial charge in [0.2, 0.25) is 7.94 Å². The number of alkyl halides is 1. The van der Waals surface area contributed by atoms with Crippen LogP contribution in [-0.2, 0) is 29.9 Å². The monoisotopic (exact) mass is 434 g/mol. The Bertz CT molecular complexity index is 574. The molecular formula is C17H24BrO6P. The molecule has 2 saturated heterocycles. The third-order valence-corrected chi connectivity index (χ3v) is 7.00. The highest BCUT2D eigenvalue weighted by Gasteiger charge is 2.53. The van der Waals surface area contributed by atoms with E-state index in [1.807, 2.05) is 44.2 Å². The Kier molecular flexibility index (Phi) is 6.18. The van der Waals surface area contributed by atoms with E-state index in [1.165, 1.54) is 7.11 Å². The second-order valence-electron chi connectivity index (χ2n) is 6.69. The summed E-state index contributed by atoms with van der Waals surface area (Å²) in [5.74, 6) is -0.739. The molecule has 0 N–H and O–H groups in total. The van der Waals surface area contributed by atoms with Gasteiger partial charge in [0.15, 0.2) is 5.79 Å². The molecule has 0 aromatic heterocycles. The van der Waals surface area contributed by atoms with Gasteiger partial charge in [-0.25, -0.2) is 9.05 Å². The largest absolute Gasteiger partial charge is 0.631 e. The van der Waals surface area contributed by atoms with Crippen LogP contribution in [0.5, 0.6) is 0 Å². The van der Waals surface area contributed by atoms with E-state index in [0.29, 0.717) is 6.61 Å². The number of hydrogen-bond donors (Lipinski definition) is 0. The van der Waals surface area contributed by atoms with Crippen molar-refractivity contribution in [3.05, 3.63) is 35.9 Å². The molecule has 1 aromatic carbocycles. The zero-order valence-corrected chi connectivity index (χ0v) is 17.1. The summed E-state index contributed by atoms with van der Waals surface area (Å²) < 4.78 is 29.0. The van der Waals surface area contributed by atoms with Crippen LogP contribution >= 0.6 is 23.9 Å². The van der Waals surface area contributed by atoms with E-state index < -0.39 is 19.8 Å². The van der Waals surface area contributed by atoms with E-state index in [4.69, 9.17) is 23.3 Å². The highest BCUT2D eigenvalue weighted by molar-refractivity contribution is 9.09. The molecule has 2 aliphatic heterocycles. The van der Waals surface area contributed by atoms with Crippen LogP contribution in [0, 0.1) is 0 Å². The number of halogens is 1. The number of benzene rings is 1. The second-order valence-corrected chi connectivity index (χ2v) is 10.1. The van der Waals surface area contributed by atoms with Crippen LogP contribution in [0.1, 0.15) is 19.4 Å². The Labute approximate surface area is 157 Å². The highest BCUT2D eigenvalue weighted by atomic mass is 79.9. The van der Waals surface area contributed by atoms with Crippen molar-refractivity contribution in [3.8, 4) is 0 Å². The molecule has 0 radical (unpaired) electrons. The van der Waals surface area contributed by atoms with Gasteiger partial charge in [0.1, 0.15) is 31.1 Å². The van der Waals surface area contributed by atoms with Gasteiger partial charge in [0.25, 0.3) is 0 Å². The Balaban J connectivity index is 1.81. The topological polar surface area (TPSA) is 69.2 Å². The first-order valence-electron chi connectivity index (χ1n) is 8.26. The first-order valence-corrected chi connectivity index (χ1v) is 10.9. The fourth-order valence-corrected chi connectivity index (χ4v) is 5.34. The van der Waals surface area contributed by atoms with Gasteiger partial charge >= 0.3 is 0 Å². The summed E-state index contributed by atoms with van der Waals surface area (Å²) in [6.07, 6.45) is -0.980. The summed E-state index contributed by atoms with van der Waals surface area (Å²) in [6.45, 7) is 4.33. The van der Waals surface area contributed by atoms with Crippen LogP contribution < -0.4 is 4.89 Å². The lowest BCUT2D eigenvalue weighted by molar-refractivity contribution is -0.221. The minimum atomic E-state index is -3.26. The van der Waals surface area contributed by atoms with Gasteiger partial charge < -0.3 is 19.1 Å². The predicted octanol–water partition coefficient (Wildman–Crippen LogP) is 2.65. The first kappa shape index (κ1) is 19.6. The molecule has 0 aliphatic carbocycles. The average molecular weight is 435 g/mol. The maximum Gasteiger partial charge on any atom is 0.240 e. The SMILES string of the molecule is CO[P+]1([O-])CC(OCc2ccccc2)[C@@H]2OC(C)(C)O[C@H]2C(Br)CO1. The van der Waals surface area contributed by atoms with Crippen molar-refractivity contribution in [1.29, 1.82) is 0 Å². The minimum Gasteiger partial charge on any atom is -0.631 e. The number of hydrogen-bond acceptors (Lipinski definition) is 6. The molecule has 8 heteroatoms. The van der Waals surface area contributed by atoms with Crippen molar-refractivity contribution >= 4 is 23.9 Å². The van der Waals surface area contributed by atoms with Gasteiger partial charge in [-0.05, 0) is 19.4 Å². The normalized spacial score (nSPS) is 38.0. The predicted molar refractivity (Wildman–Crippen MR) is 96.3 cm³/mol. The Morgan fingerprint density at radius 2 is 1.92 bits per heavy atom. The van der Waals surface area contributed by atoms with Crippen molar-refractivity contribution < 1.29 is 28.2 Å². The maximum atomic E-state index is 12.9. The molecule has 3 rings (SSSR count). The Morgan fingerprint density at radius 1 is 1.24 bits per heavy atom. The second kappa shape index (κ2) is 7.87. The van der Waals surface area contributed by atoms with E-state index in [1.54, 1.807) is 0 Å². The Hall–Kier alpha value is -0.110. The van der Waals surface area contributed by atoms with E-state index in [0.717, 1.165) is 5.56 Å². The van der Waals surface area contributed by atoms with Crippen molar-refractivity contribution in [2.45, 2.75) is 49.4 Å². The van der Waals surface area contributed by atoms with Gasteiger partial charge in [-0.15, -0.1) is 0 Å². The van der Waals surface area contributed by atoms with Crippen molar-refractivity contribution in [3.63, 3.8) is 0 Å². The quantitative estimate of drug-likeness (QED) is 0.535. The van der Waals surface area contributed by atoms with Gasteiger partial charge in [0.05, 0.1) is 18.5 Å². The Morgan fingerprint density at radius 3 is 2.60 bits per heavy atom. The minimum absolute atomic E-state index is 0.122. The number of ether oxygens (including phenoxy) is 3. The van der Waals surface area contributed by atoms with Gasteiger partial charge in [-0.1, -0.05) is 46.3 Å². The van der Waals surface area contributed by atoms with Crippen LogP contribution in [0.2, 0.25) is 0 Å². The third kappa shape index (κ3) is 4.79. The summed E-state index contributed by atoms with van der Waals surface area (Å²) in [5, 5.41) is 0. The summed E-state index contributed by atoms with van der Waals surface area (Å²) >= 11 is 3.57. The molecule has 0 amide bonds. The third-order valence-electron chi connectivity index (χ3n) is 4.31. The van der Waals surface area contributed by atoms with Crippen molar-refractivity contribution in [2.75, 3.05) is 19.9 Å². The fraction of sp³-hybridized carbons (Fsp3) is 0.647. The molecule has 6 nitrogen and oxygen atoms in total. The molecule has 1 aromatic rings. The van der Waals surface area contributed by atoms with Crippen molar-refractivity contribution in [1.82, 2.24) is 0 Å². The molecule has 2 heterocycles. The summed E-state index contributed by atoms with van der Waals surface area (Å²) in [7, 11) is -1.87. The molecule has 5 atom stereocenters. The van der Waals surface area contributed by atoms with E-state index in [9.17, 15) is 4.89 Å². The zero-order valence-electron chi connectivity index (χ0n) is 14.6. The molecule has 0 spiro atoms. The smallest absolute Gasteiger partial charge is 0.240 e. The van der Waals surface area contributed by atoms with Crippen LogP contribution in [-0.4, -0.2) is 48.8 Å². The fourth-order valence-electron chi connectivity index (χ4n) is 3.09. The van der Waals surface area contributed by atoms with Crippen LogP contribution in [0.25, 0.3) is 0 Å². The molecule has 2 aliphatic rings. The summed E-state index contributed by atoms with van der Waals surface area (Å²) in [5.41, 5.74) is 1.03. The lowest BCUT2D eigenvalue weighted by atomic mass is 10.1. The standard InChI is InChI=1S/C17H24BrO6P/c1-17(2)23-15-13(18)10-22-25(19,20-3)11-14(16(15)24-17)21-9-12-7-5-4-6-8-12/h4-8,13-16H,9-11H2,1-3H3/t13?,14?,15-,16-,25?/m0/s1. The molecule has 2 fully saturated rings. The number of rotatable bonds is 4. The average Bonchev–Trinajstić information content (AvgIpc) is 2.92. The molecule has 140 valence electrons. The summed E-state index contributed by atoms with van der Waals surface area (Å²) in [4.78, 5) is 12.7. The maximum absolute atomic E-state index is 12.9. The first-order chi connectivity index (χ1) is 11.8. The zero-order chi connectivity index (χ0) is 18.1. The molecule has 0 bridgehead atoms. The van der Waals surface area contributed by atoms with E-state index >= 15 is 0 Å². The van der Waals surface area contributed by atoms with Gasteiger partial charge in [-0.2, -0.15) is 0 Å². The van der Waals surface area contributed by atoms with E-state index in [-0.39, 0.29) is 29.8 Å². The lowest BCUT2D eigenvalue weighted by Gasteiger charge is -2.36. The molecule has 3 unspecified atom stereocenters. The van der Waals surface area contributed by atoms with E-state index in [2.05, 4.69) is 15.9 Å². The lowest BCUT2D eigenvalue weighted by Crippen LogP contribution is -2.48. The van der Waals surface area contributed by atoms with Crippen LogP contribution in [0.15, 0.2) is 30.3 Å². The highest BCUT2D eigenvalue weighted by Crippen LogP contribution is 2.55. The number of fused-ring (bicyclic) bond motifs is 1. The van der Waals surface area contributed by atoms with Gasteiger partial charge in [0, 0.05) is 0 Å². The molecule has 25 heavy (non-hydrogen) atoms.